The molecule has 0 aliphatic rings. The van der Waals surface area contributed by atoms with Crippen LogP contribution in [0.3, 0.4) is 0 Å². The monoisotopic (exact) mass is 261 g/mol. The molecule has 6 heteroatoms. The molecule has 1 aromatic carbocycles. The predicted molar refractivity (Wildman–Crippen MR) is 58.6 cm³/mol. The van der Waals surface area contributed by atoms with Crippen molar-refractivity contribution in [3.63, 3.8) is 0 Å². The van der Waals surface area contributed by atoms with Crippen LogP contribution in [0.5, 0.6) is 5.75 Å². The summed E-state index contributed by atoms with van der Waals surface area (Å²) in [5.74, 6) is 0.983. The van der Waals surface area contributed by atoms with Crippen LogP contribution in [0.1, 0.15) is 5.56 Å². The minimum Gasteiger partial charge on any atom is -0.492 e. The van der Waals surface area contributed by atoms with Gasteiger partial charge in [0.05, 0.1) is 12.1 Å². The van der Waals surface area contributed by atoms with Gasteiger partial charge >= 0.3 is 6.18 Å². The van der Waals surface area contributed by atoms with Gasteiger partial charge in [-0.1, -0.05) is 5.92 Å². The molecular weight excluding hydrogens is 250 g/mol. The maximum absolute atomic E-state index is 12.9. The Labute approximate surface area is 102 Å². The van der Waals surface area contributed by atoms with Gasteiger partial charge < -0.3 is 10.1 Å². The molecule has 0 heterocycles. The molecule has 0 radical (unpaired) electrons. The Balaban J connectivity index is 2.60. The second kappa shape index (κ2) is 6.26. The molecule has 2 nitrogen and oxygen atoms in total. The van der Waals surface area contributed by atoms with Gasteiger partial charge in [0, 0.05) is 6.54 Å². The van der Waals surface area contributed by atoms with Crippen molar-refractivity contribution < 1.29 is 22.3 Å². The van der Waals surface area contributed by atoms with Gasteiger partial charge in [0.25, 0.3) is 0 Å². The highest BCUT2D eigenvalue weighted by Crippen LogP contribution is 2.33. The fraction of sp³-hybridized carbons (Fsp3) is 0.333. The Morgan fingerprint density at radius 2 is 2.06 bits per heavy atom. The summed E-state index contributed by atoms with van der Waals surface area (Å²) in [7, 11) is 0. The second-order valence-corrected chi connectivity index (χ2v) is 3.37. The van der Waals surface area contributed by atoms with Crippen molar-refractivity contribution >= 4 is 0 Å². The zero-order chi connectivity index (χ0) is 13.6. The number of halogens is 4. The maximum Gasteiger partial charge on any atom is 0.419 e. The van der Waals surface area contributed by atoms with E-state index in [9.17, 15) is 17.6 Å². The lowest BCUT2D eigenvalue weighted by Gasteiger charge is -2.11. The summed E-state index contributed by atoms with van der Waals surface area (Å²) in [4.78, 5) is 0. The molecule has 0 amide bonds. The van der Waals surface area contributed by atoms with E-state index in [0.717, 1.165) is 12.1 Å². The van der Waals surface area contributed by atoms with E-state index in [-0.39, 0.29) is 12.4 Å². The number of hydrogen-bond acceptors (Lipinski definition) is 2. The molecular formula is C12H11F4NO. The highest BCUT2D eigenvalue weighted by molar-refractivity contribution is 5.31. The maximum atomic E-state index is 12.9. The third-order valence-electron chi connectivity index (χ3n) is 2.02. The first-order valence-corrected chi connectivity index (χ1v) is 5.09. The molecule has 0 aromatic heterocycles. The summed E-state index contributed by atoms with van der Waals surface area (Å²) < 4.78 is 55.2. The lowest BCUT2D eigenvalue weighted by atomic mass is 10.2. The SMILES string of the molecule is C#CCNCCOc1ccc(F)c(C(F)(F)F)c1. The smallest absolute Gasteiger partial charge is 0.419 e. The molecule has 18 heavy (non-hydrogen) atoms. The van der Waals surface area contributed by atoms with Crippen LogP contribution in [0.15, 0.2) is 18.2 Å². The van der Waals surface area contributed by atoms with E-state index in [1.54, 1.807) is 0 Å². The van der Waals surface area contributed by atoms with Gasteiger partial charge in [0.15, 0.2) is 0 Å². The molecule has 0 fully saturated rings. The van der Waals surface area contributed by atoms with Crippen LogP contribution in [0.25, 0.3) is 0 Å². The highest BCUT2D eigenvalue weighted by Gasteiger charge is 2.34. The summed E-state index contributed by atoms with van der Waals surface area (Å²) in [5, 5.41) is 2.80. The Kier molecular flexibility index (Phi) is 4.98. The average molecular weight is 261 g/mol. The van der Waals surface area contributed by atoms with E-state index < -0.39 is 17.6 Å². The standard InChI is InChI=1S/C12H11F4NO/c1-2-5-17-6-7-18-9-3-4-11(13)10(8-9)12(14,15)16/h1,3-4,8,17H,5-7H2. The average Bonchev–Trinajstić information content (AvgIpc) is 2.29. The van der Waals surface area contributed by atoms with Gasteiger partial charge in [0.2, 0.25) is 0 Å². The molecule has 0 aliphatic carbocycles. The van der Waals surface area contributed by atoms with Crippen molar-refractivity contribution in [2.24, 2.45) is 0 Å². The molecule has 0 bridgehead atoms. The lowest BCUT2D eigenvalue weighted by Crippen LogP contribution is -2.21. The van der Waals surface area contributed by atoms with Crippen LogP contribution >= 0.6 is 0 Å². The Morgan fingerprint density at radius 1 is 1.33 bits per heavy atom. The van der Waals surface area contributed by atoms with E-state index in [1.165, 1.54) is 0 Å². The van der Waals surface area contributed by atoms with E-state index in [4.69, 9.17) is 11.2 Å². The van der Waals surface area contributed by atoms with Gasteiger partial charge in [-0.25, -0.2) is 4.39 Å². The van der Waals surface area contributed by atoms with Gasteiger partial charge in [-0.2, -0.15) is 13.2 Å². The number of terminal acetylenes is 1. The molecule has 0 saturated heterocycles. The van der Waals surface area contributed by atoms with Crippen molar-refractivity contribution in [3.05, 3.63) is 29.6 Å². The summed E-state index contributed by atoms with van der Waals surface area (Å²) >= 11 is 0. The molecule has 0 unspecified atom stereocenters. The first kappa shape index (κ1) is 14.3. The van der Waals surface area contributed by atoms with Crippen molar-refractivity contribution in [2.75, 3.05) is 19.7 Å². The Hall–Kier alpha value is -1.74. The fourth-order valence-electron chi connectivity index (χ4n) is 1.21. The molecule has 0 spiro atoms. The minimum absolute atomic E-state index is 0.0359. The molecule has 1 rings (SSSR count). The molecule has 0 aliphatic heterocycles. The van der Waals surface area contributed by atoms with Crippen molar-refractivity contribution in [1.82, 2.24) is 5.32 Å². The summed E-state index contributed by atoms with van der Waals surface area (Å²) in [6.07, 6.45) is 0.255. The molecule has 0 saturated carbocycles. The largest absolute Gasteiger partial charge is 0.492 e. The Bertz CT molecular complexity index is 437. The zero-order valence-corrected chi connectivity index (χ0v) is 9.35. The third-order valence-corrected chi connectivity index (χ3v) is 2.02. The van der Waals surface area contributed by atoms with Gasteiger partial charge in [-0.15, -0.1) is 6.42 Å². The quantitative estimate of drug-likeness (QED) is 0.499. The van der Waals surface area contributed by atoms with Crippen molar-refractivity contribution in [2.45, 2.75) is 6.18 Å². The zero-order valence-electron chi connectivity index (χ0n) is 9.35. The van der Waals surface area contributed by atoms with Gasteiger partial charge in [0.1, 0.15) is 18.2 Å². The second-order valence-electron chi connectivity index (χ2n) is 3.37. The number of hydrogen-bond donors (Lipinski definition) is 1. The lowest BCUT2D eigenvalue weighted by molar-refractivity contribution is -0.140. The van der Waals surface area contributed by atoms with Gasteiger partial charge in [-0.05, 0) is 18.2 Å². The predicted octanol–water partition coefficient (Wildman–Crippen LogP) is 2.45. The molecule has 98 valence electrons. The van der Waals surface area contributed by atoms with Crippen LogP contribution in [0.2, 0.25) is 0 Å². The van der Waals surface area contributed by atoms with E-state index in [2.05, 4.69) is 11.2 Å². The number of ether oxygens (including phenoxy) is 1. The van der Waals surface area contributed by atoms with E-state index in [0.29, 0.717) is 19.2 Å². The Morgan fingerprint density at radius 3 is 2.67 bits per heavy atom. The van der Waals surface area contributed by atoms with E-state index >= 15 is 0 Å². The van der Waals surface area contributed by atoms with Crippen LogP contribution < -0.4 is 10.1 Å². The van der Waals surface area contributed by atoms with Gasteiger partial charge in [-0.3, -0.25) is 0 Å². The summed E-state index contributed by atoms with van der Waals surface area (Å²) in [6, 6.07) is 2.51. The minimum atomic E-state index is -4.73. The first-order valence-electron chi connectivity index (χ1n) is 5.09. The van der Waals surface area contributed by atoms with Crippen LogP contribution in [-0.4, -0.2) is 19.7 Å². The number of benzene rings is 1. The third kappa shape index (κ3) is 4.26. The van der Waals surface area contributed by atoms with Crippen LogP contribution in [0, 0.1) is 18.2 Å². The first-order chi connectivity index (χ1) is 8.45. The van der Waals surface area contributed by atoms with Crippen LogP contribution in [-0.2, 0) is 6.18 Å². The molecule has 1 N–H and O–H groups in total. The highest BCUT2D eigenvalue weighted by atomic mass is 19.4. The molecule has 1 aromatic rings. The fourth-order valence-corrected chi connectivity index (χ4v) is 1.21. The van der Waals surface area contributed by atoms with Crippen molar-refractivity contribution in [1.29, 1.82) is 0 Å². The topological polar surface area (TPSA) is 21.3 Å². The number of nitrogens with one attached hydrogen (secondary N) is 1. The summed E-state index contributed by atoms with van der Waals surface area (Å²) in [6.45, 7) is 0.883. The summed E-state index contributed by atoms with van der Waals surface area (Å²) in [5.41, 5.74) is -1.34. The number of rotatable bonds is 5. The molecule has 0 atom stereocenters. The van der Waals surface area contributed by atoms with Crippen molar-refractivity contribution in [3.8, 4) is 18.1 Å². The van der Waals surface area contributed by atoms with E-state index in [1.807, 2.05) is 0 Å². The number of alkyl halides is 3. The normalized spacial score (nSPS) is 11.1. The van der Waals surface area contributed by atoms with Crippen LogP contribution in [0.4, 0.5) is 17.6 Å².